The molecule has 0 bridgehead atoms. The number of carboxylic acid groups (broad SMARTS) is 1. The summed E-state index contributed by atoms with van der Waals surface area (Å²) in [4.78, 5) is 23.3. The first-order chi connectivity index (χ1) is 9.32. The van der Waals surface area contributed by atoms with E-state index in [-0.39, 0.29) is 18.9 Å². The molecule has 0 atom stereocenters. The van der Waals surface area contributed by atoms with Crippen LogP contribution >= 0.6 is 0 Å². The third-order valence-corrected chi connectivity index (χ3v) is 2.53. The van der Waals surface area contributed by atoms with Gasteiger partial charge in [0.2, 0.25) is 5.91 Å². The summed E-state index contributed by atoms with van der Waals surface area (Å²) in [5.74, 6) is -4.34. The van der Waals surface area contributed by atoms with Crippen molar-refractivity contribution < 1.29 is 28.2 Å². The molecule has 0 saturated heterocycles. The number of hydrogen-bond acceptors (Lipinski definition) is 3. The molecule has 20 heavy (non-hydrogen) atoms. The van der Waals surface area contributed by atoms with Crippen LogP contribution in [0.4, 0.5) is 8.78 Å². The number of benzene rings is 1. The Bertz CT molecular complexity index is 494. The maximum Gasteiger partial charge on any atom is 0.335 e. The van der Waals surface area contributed by atoms with E-state index in [9.17, 15) is 18.4 Å². The zero-order valence-electron chi connectivity index (χ0n) is 11.2. The van der Waals surface area contributed by atoms with Gasteiger partial charge in [-0.2, -0.15) is 0 Å². The molecule has 0 aliphatic rings. The average molecular weight is 287 g/mol. The smallest absolute Gasteiger partial charge is 0.335 e. The molecule has 0 aliphatic carbocycles. The predicted octanol–water partition coefficient (Wildman–Crippen LogP) is 1.91. The second-order valence-electron chi connectivity index (χ2n) is 4.31. The Kier molecular flexibility index (Phi) is 5.42. The largest absolute Gasteiger partial charge is 0.488 e. The number of aromatic carboxylic acids is 1. The highest BCUT2D eigenvalue weighted by molar-refractivity contribution is 5.87. The van der Waals surface area contributed by atoms with Crippen LogP contribution in [-0.2, 0) is 4.79 Å². The number of hydrogen-bond donors (Lipinski definition) is 1. The first-order valence-corrected chi connectivity index (χ1v) is 5.88. The van der Waals surface area contributed by atoms with E-state index >= 15 is 0 Å². The molecule has 0 spiro atoms. The Labute approximate surface area is 114 Å². The summed E-state index contributed by atoms with van der Waals surface area (Å²) in [7, 11) is 3.21. The minimum atomic E-state index is -1.43. The SMILES string of the molecule is CN(C)C(=O)CCCOc1c(F)cc(C(=O)O)cc1F. The highest BCUT2D eigenvalue weighted by atomic mass is 19.1. The third-order valence-electron chi connectivity index (χ3n) is 2.53. The van der Waals surface area contributed by atoms with Gasteiger partial charge in [0, 0.05) is 20.5 Å². The molecule has 0 fully saturated rings. The second-order valence-corrected chi connectivity index (χ2v) is 4.31. The molecule has 0 radical (unpaired) electrons. The molecule has 0 heterocycles. The summed E-state index contributed by atoms with van der Waals surface area (Å²) in [5, 5.41) is 8.64. The van der Waals surface area contributed by atoms with Crippen molar-refractivity contribution in [1.82, 2.24) is 4.90 Å². The van der Waals surface area contributed by atoms with Crippen molar-refractivity contribution in [2.24, 2.45) is 0 Å². The van der Waals surface area contributed by atoms with Crippen LogP contribution in [-0.4, -0.2) is 42.6 Å². The predicted molar refractivity (Wildman–Crippen MR) is 66.7 cm³/mol. The lowest BCUT2D eigenvalue weighted by Crippen LogP contribution is -2.21. The van der Waals surface area contributed by atoms with Crippen molar-refractivity contribution in [3.8, 4) is 5.75 Å². The van der Waals surface area contributed by atoms with Gasteiger partial charge in [-0.3, -0.25) is 4.79 Å². The topological polar surface area (TPSA) is 66.8 Å². The summed E-state index contributed by atoms with van der Waals surface area (Å²) in [6.07, 6.45) is 0.500. The third kappa shape index (κ3) is 4.18. The molecule has 7 heteroatoms. The fourth-order valence-corrected chi connectivity index (χ4v) is 1.44. The van der Waals surface area contributed by atoms with Crippen LogP contribution in [0.15, 0.2) is 12.1 Å². The van der Waals surface area contributed by atoms with Crippen molar-refractivity contribution in [3.05, 3.63) is 29.3 Å². The van der Waals surface area contributed by atoms with Gasteiger partial charge in [-0.1, -0.05) is 0 Å². The average Bonchev–Trinajstić information content (AvgIpc) is 2.36. The van der Waals surface area contributed by atoms with E-state index in [0.29, 0.717) is 18.6 Å². The monoisotopic (exact) mass is 287 g/mol. The fraction of sp³-hybridized carbons (Fsp3) is 0.385. The lowest BCUT2D eigenvalue weighted by molar-refractivity contribution is -0.128. The standard InChI is InChI=1S/C13H15F2NO4/c1-16(2)11(17)4-3-5-20-12-9(14)6-8(13(18)19)7-10(12)15/h6-7H,3-5H2,1-2H3,(H,18,19). The summed E-state index contributed by atoms with van der Waals surface area (Å²) >= 11 is 0. The number of carbonyl (C=O) groups excluding carboxylic acids is 1. The summed E-state index contributed by atoms with van der Waals surface area (Å²) in [6.45, 7) is -0.0418. The molecule has 1 aromatic rings. The van der Waals surface area contributed by atoms with Gasteiger partial charge >= 0.3 is 5.97 Å². The normalized spacial score (nSPS) is 10.2. The van der Waals surface area contributed by atoms with Crippen LogP contribution in [0, 0.1) is 11.6 Å². The number of nitrogens with zero attached hydrogens (tertiary/aromatic N) is 1. The molecule has 110 valence electrons. The van der Waals surface area contributed by atoms with Gasteiger partial charge in [-0.25, -0.2) is 13.6 Å². The van der Waals surface area contributed by atoms with Gasteiger partial charge in [0.1, 0.15) is 0 Å². The maximum absolute atomic E-state index is 13.5. The minimum Gasteiger partial charge on any atom is -0.488 e. The number of halogens is 2. The van der Waals surface area contributed by atoms with E-state index in [1.165, 1.54) is 4.90 Å². The van der Waals surface area contributed by atoms with Crippen molar-refractivity contribution >= 4 is 11.9 Å². The number of amides is 1. The minimum absolute atomic E-state index is 0.0418. The lowest BCUT2D eigenvalue weighted by atomic mass is 10.2. The Balaban J connectivity index is 2.61. The highest BCUT2D eigenvalue weighted by Gasteiger charge is 2.16. The maximum atomic E-state index is 13.5. The molecule has 1 N–H and O–H groups in total. The van der Waals surface area contributed by atoms with Crippen LogP contribution in [0.2, 0.25) is 0 Å². The number of carboxylic acids is 1. The van der Waals surface area contributed by atoms with Gasteiger partial charge in [-0.15, -0.1) is 0 Å². The van der Waals surface area contributed by atoms with Crippen molar-refractivity contribution in [1.29, 1.82) is 0 Å². The molecule has 0 aromatic heterocycles. The van der Waals surface area contributed by atoms with E-state index in [2.05, 4.69) is 0 Å². The van der Waals surface area contributed by atoms with E-state index in [1.807, 2.05) is 0 Å². The van der Waals surface area contributed by atoms with Crippen LogP contribution in [0.1, 0.15) is 23.2 Å². The number of carbonyl (C=O) groups is 2. The Hall–Kier alpha value is -2.18. The molecule has 0 saturated carbocycles. The summed E-state index contributed by atoms with van der Waals surface area (Å²) < 4.78 is 31.9. The highest BCUT2D eigenvalue weighted by Crippen LogP contribution is 2.23. The molecular formula is C13H15F2NO4. The van der Waals surface area contributed by atoms with Gasteiger partial charge in [-0.05, 0) is 18.6 Å². The molecule has 1 aromatic carbocycles. The van der Waals surface area contributed by atoms with Crippen LogP contribution in [0.5, 0.6) is 5.75 Å². The molecule has 0 unspecified atom stereocenters. The van der Waals surface area contributed by atoms with Crippen LogP contribution in [0.25, 0.3) is 0 Å². The van der Waals surface area contributed by atoms with Gasteiger partial charge < -0.3 is 14.7 Å². The molecular weight excluding hydrogens is 272 g/mol. The van der Waals surface area contributed by atoms with Crippen LogP contribution < -0.4 is 4.74 Å². The first-order valence-electron chi connectivity index (χ1n) is 5.88. The summed E-state index contributed by atoms with van der Waals surface area (Å²) in [5.41, 5.74) is -0.491. The summed E-state index contributed by atoms with van der Waals surface area (Å²) in [6, 6.07) is 1.37. The van der Waals surface area contributed by atoms with Gasteiger partial charge in [0.15, 0.2) is 17.4 Å². The van der Waals surface area contributed by atoms with E-state index in [0.717, 1.165) is 0 Å². The van der Waals surface area contributed by atoms with Crippen molar-refractivity contribution in [3.63, 3.8) is 0 Å². The number of rotatable bonds is 6. The Morgan fingerprint density at radius 2 is 1.80 bits per heavy atom. The zero-order chi connectivity index (χ0) is 15.3. The van der Waals surface area contributed by atoms with Gasteiger partial charge in [0.05, 0.1) is 12.2 Å². The molecule has 0 aliphatic heterocycles. The first kappa shape index (κ1) is 15.9. The van der Waals surface area contributed by atoms with Crippen molar-refractivity contribution in [2.45, 2.75) is 12.8 Å². The van der Waals surface area contributed by atoms with Gasteiger partial charge in [0.25, 0.3) is 0 Å². The molecule has 5 nitrogen and oxygen atoms in total. The fourth-order valence-electron chi connectivity index (χ4n) is 1.44. The molecule has 1 amide bonds. The van der Waals surface area contributed by atoms with E-state index in [1.54, 1.807) is 14.1 Å². The molecule has 1 rings (SSSR count). The second kappa shape index (κ2) is 6.83. The van der Waals surface area contributed by atoms with Crippen molar-refractivity contribution in [2.75, 3.05) is 20.7 Å². The van der Waals surface area contributed by atoms with Crippen LogP contribution in [0.3, 0.4) is 0 Å². The van der Waals surface area contributed by atoms with E-state index < -0.39 is 28.9 Å². The Morgan fingerprint density at radius 3 is 2.25 bits per heavy atom. The number of ether oxygens (including phenoxy) is 1. The zero-order valence-corrected chi connectivity index (χ0v) is 11.2. The Morgan fingerprint density at radius 1 is 1.25 bits per heavy atom. The quantitative estimate of drug-likeness (QED) is 0.812. The lowest BCUT2D eigenvalue weighted by Gasteiger charge is -2.11. The van der Waals surface area contributed by atoms with E-state index in [4.69, 9.17) is 9.84 Å².